The normalized spacial score (nSPS) is 28.8. The Hall–Kier alpha value is -2.68. The van der Waals surface area contributed by atoms with Gasteiger partial charge in [0.05, 0.1) is 28.8 Å². The number of carbonyl (C=O) groups excluding carboxylic acids is 3. The fraction of sp³-hybridized carbons (Fsp3) is 0.567. The number of aliphatic hydroxyl groups is 1. The maximum Gasteiger partial charge on any atom is 0.312 e. The molecule has 9 heteroatoms. The van der Waals surface area contributed by atoms with Crippen LogP contribution in [0.5, 0.6) is 0 Å². The number of nitrogens with zero attached hydrogens (tertiary/aromatic N) is 2. The van der Waals surface area contributed by atoms with E-state index in [1.165, 1.54) is 0 Å². The standard InChI is InChI=1S/C30H39ClN2O6/c1-4-6-20-38-28(37)24-23-26(35)33(18-11-7-8-12-19-34)25(30(23)16-15-29(24,3)39-30)27(36)32(17-5-2)22-14-10-9-13-21(22)31/h4-5,9-10,13-14,23-25,34H,1-2,6-8,11-12,15-20H2,3H3/t23-,24-,25?,29+,30?/m0/s1. The second kappa shape index (κ2) is 12.2. The molecule has 3 fully saturated rings. The van der Waals surface area contributed by atoms with E-state index in [9.17, 15) is 14.4 Å². The topological polar surface area (TPSA) is 96.4 Å². The van der Waals surface area contributed by atoms with Crippen molar-refractivity contribution in [2.75, 3.05) is 31.2 Å². The molecular weight excluding hydrogens is 520 g/mol. The number of hydrogen-bond donors (Lipinski definition) is 1. The first-order chi connectivity index (χ1) is 18.8. The van der Waals surface area contributed by atoms with Gasteiger partial charge < -0.3 is 24.4 Å². The van der Waals surface area contributed by atoms with Gasteiger partial charge in [-0.15, -0.1) is 13.2 Å². The first kappa shape index (κ1) is 29.3. The van der Waals surface area contributed by atoms with Crippen molar-refractivity contribution in [2.45, 2.75) is 69.1 Å². The van der Waals surface area contributed by atoms with Crippen LogP contribution < -0.4 is 4.90 Å². The van der Waals surface area contributed by atoms with Gasteiger partial charge in [0.15, 0.2) is 0 Å². The maximum atomic E-state index is 14.5. The number of benzene rings is 1. The van der Waals surface area contributed by atoms with Crippen molar-refractivity contribution in [1.82, 2.24) is 4.90 Å². The summed E-state index contributed by atoms with van der Waals surface area (Å²) in [4.78, 5) is 45.2. The lowest BCUT2D eigenvalue weighted by atomic mass is 9.66. The lowest BCUT2D eigenvalue weighted by Gasteiger charge is -2.37. The largest absolute Gasteiger partial charge is 0.465 e. The van der Waals surface area contributed by atoms with E-state index in [0.717, 1.165) is 12.8 Å². The van der Waals surface area contributed by atoms with Crippen LogP contribution in [-0.2, 0) is 23.9 Å². The van der Waals surface area contributed by atoms with E-state index in [1.807, 2.05) is 6.92 Å². The van der Waals surface area contributed by atoms with Crippen LogP contribution in [0.3, 0.4) is 0 Å². The molecule has 212 valence electrons. The summed E-state index contributed by atoms with van der Waals surface area (Å²) in [5.74, 6) is -2.63. The molecule has 0 aromatic heterocycles. The van der Waals surface area contributed by atoms with Gasteiger partial charge in [-0.25, -0.2) is 0 Å². The number of anilines is 1. The third-order valence-corrected chi connectivity index (χ3v) is 8.68. The van der Waals surface area contributed by atoms with Crippen molar-refractivity contribution >= 4 is 35.1 Å². The van der Waals surface area contributed by atoms with E-state index in [2.05, 4.69) is 13.2 Å². The second-order valence-electron chi connectivity index (χ2n) is 10.8. The van der Waals surface area contributed by atoms with Crippen LogP contribution >= 0.6 is 11.6 Å². The lowest BCUT2D eigenvalue weighted by molar-refractivity contribution is -0.159. The summed E-state index contributed by atoms with van der Waals surface area (Å²) >= 11 is 6.51. The third-order valence-electron chi connectivity index (χ3n) is 8.36. The Bertz CT molecular complexity index is 1110. The smallest absolute Gasteiger partial charge is 0.312 e. The summed E-state index contributed by atoms with van der Waals surface area (Å²) in [5, 5.41) is 9.55. The summed E-state index contributed by atoms with van der Waals surface area (Å²) in [5.41, 5.74) is -1.51. The molecule has 1 N–H and O–H groups in total. The van der Waals surface area contributed by atoms with E-state index in [0.29, 0.717) is 49.4 Å². The van der Waals surface area contributed by atoms with Crippen LogP contribution in [0, 0.1) is 11.8 Å². The van der Waals surface area contributed by atoms with Gasteiger partial charge in [-0.1, -0.05) is 48.7 Å². The highest BCUT2D eigenvalue weighted by molar-refractivity contribution is 6.34. The van der Waals surface area contributed by atoms with Crippen LogP contribution in [0.1, 0.15) is 51.9 Å². The molecule has 3 saturated heterocycles. The number of likely N-dealkylation sites (tertiary alicyclic amines) is 1. The van der Waals surface area contributed by atoms with Crippen molar-refractivity contribution in [3.63, 3.8) is 0 Å². The number of fused-ring (bicyclic) bond motifs is 1. The Labute approximate surface area is 235 Å². The molecule has 0 radical (unpaired) electrons. The van der Waals surface area contributed by atoms with Gasteiger partial charge in [-0.2, -0.15) is 0 Å². The molecule has 5 atom stereocenters. The Morgan fingerprint density at radius 2 is 1.95 bits per heavy atom. The van der Waals surface area contributed by atoms with Crippen molar-refractivity contribution in [1.29, 1.82) is 0 Å². The van der Waals surface area contributed by atoms with Crippen LogP contribution in [0.2, 0.25) is 5.02 Å². The SMILES string of the molecule is C=CCCOC(=O)[C@@H]1[C@H]2C(=O)N(CCCCCCO)C(C(=O)N(CC=C)c3ccccc3Cl)C23CC[C@@]1(C)O3. The zero-order valence-corrected chi connectivity index (χ0v) is 23.4. The predicted octanol–water partition coefficient (Wildman–Crippen LogP) is 4.30. The van der Waals surface area contributed by atoms with Gasteiger partial charge in [-0.3, -0.25) is 14.4 Å². The fourth-order valence-corrected chi connectivity index (χ4v) is 6.88. The first-order valence-electron chi connectivity index (χ1n) is 13.8. The van der Waals surface area contributed by atoms with Crippen molar-refractivity contribution in [2.24, 2.45) is 11.8 Å². The molecule has 0 aliphatic carbocycles. The molecule has 2 bridgehead atoms. The molecule has 1 spiro atoms. The van der Waals surface area contributed by atoms with Crippen molar-refractivity contribution in [3.05, 3.63) is 54.6 Å². The van der Waals surface area contributed by atoms with Gasteiger partial charge in [-0.05, 0) is 51.2 Å². The monoisotopic (exact) mass is 558 g/mol. The number of unbranched alkanes of at least 4 members (excludes halogenated alkanes) is 3. The molecule has 8 nitrogen and oxygen atoms in total. The highest BCUT2D eigenvalue weighted by Crippen LogP contribution is 2.63. The first-order valence-corrected chi connectivity index (χ1v) is 14.2. The number of amides is 2. The number of ether oxygens (including phenoxy) is 2. The third kappa shape index (κ3) is 5.26. The predicted molar refractivity (Wildman–Crippen MR) is 149 cm³/mol. The average Bonchev–Trinajstić information content (AvgIpc) is 3.48. The fourth-order valence-electron chi connectivity index (χ4n) is 6.64. The highest BCUT2D eigenvalue weighted by Gasteiger charge is 2.78. The summed E-state index contributed by atoms with van der Waals surface area (Å²) in [6.45, 7) is 10.2. The maximum absolute atomic E-state index is 14.5. The van der Waals surface area contributed by atoms with Crippen LogP contribution in [0.15, 0.2) is 49.6 Å². The number of halogens is 1. The highest BCUT2D eigenvalue weighted by atomic mass is 35.5. The van der Waals surface area contributed by atoms with Gasteiger partial charge in [0.25, 0.3) is 5.91 Å². The van der Waals surface area contributed by atoms with Gasteiger partial charge in [0.1, 0.15) is 17.6 Å². The Balaban J connectivity index is 1.72. The van der Waals surface area contributed by atoms with Crippen LogP contribution in [-0.4, -0.2) is 71.3 Å². The van der Waals surface area contributed by atoms with E-state index < -0.39 is 35.0 Å². The zero-order chi connectivity index (χ0) is 28.2. The number of rotatable bonds is 14. The molecule has 1 aromatic rings. The quantitative estimate of drug-likeness (QED) is 0.208. The molecule has 3 heterocycles. The molecule has 2 amide bonds. The van der Waals surface area contributed by atoms with E-state index in [4.69, 9.17) is 26.2 Å². The minimum absolute atomic E-state index is 0.116. The average molecular weight is 559 g/mol. The number of para-hydroxylation sites is 1. The molecule has 4 rings (SSSR count). The lowest BCUT2D eigenvalue weighted by Crippen LogP contribution is -2.56. The Morgan fingerprint density at radius 1 is 1.21 bits per heavy atom. The molecule has 3 aliphatic heterocycles. The molecule has 0 saturated carbocycles. The van der Waals surface area contributed by atoms with Gasteiger partial charge in [0, 0.05) is 19.7 Å². The number of esters is 1. The second-order valence-corrected chi connectivity index (χ2v) is 11.2. The Kier molecular flexibility index (Phi) is 9.19. The molecule has 1 aromatic carbocycles. The van der Waals surface area contributed by atoms with Crippen molar-refractivity contribution in [3.8, 4) is 0 Å². The molecule has 2 unspecified atom stereocenters. The summed E-state index contributed by atoms with van der Waals surface area (Å²) in [6.07, 6.45) is 7.80. The van der Waals surface area contributed by atoms with E-state index in [1.54, 1.807) is 46.2 Å². The summed E-state index contributed by atoms with van der Waals surface area (Å²) < 4.78 is 12.2. The van der Waals surface area contributed by atoms with E-state index >= 15 is 0 Å². The Morgan fingerprint density at radius 3 is 2.64 bits per heavy atom. The molecule has 39 heavy (non-hydrogen) atoms. The van der Waals surface area contributed by atoms with Crippen molar-refractivity contribution < 1.29 is 29.0 Å². The minimum Gasteiger partial charge on any atom is -0.465 e. The number of hydrogen-bond acceptors (Lipinski definition) is 6. The van der Waals surface area contributed by atoms with Gasteiger partial charge in [0.2, 0.25) is 5.91 Å². The van der Waals surface area contributed by atoms with E-state index in [-0.39, 0.29) is 31.6 Å². The van der Waals surface area contributed by atoms with Crippen LogP contribution in [0.4, 0.5) is 5.69 Å². The van der Waals surface area contributed by atoms with Crippen LogP contribution in [0.25, 0.3) is 0 Å². The molecule has 3 aliphatic rings. The zero-order valence-electron chi connectivity index (χ0n) is 22.6. The minimum atomic E-state index is -1.14. The number of carbonyl (C=O) groups is 3. The van der Waals surface area contributed by atoms with Gasteiger partial charge >= 0.3 is 5.97 Å². The summed E-state index contributed by atoms with van der Waals surface area (Å²) in [6, 6.07) is 6.16. The summed E-state index contributed by atoms with van der Waals surface area (Å²) in [7, 11) is 0. The number of aliphatic hydroxyl groups excluding tert-OH is 1. The molecular formula is C30H39ClN2O6.